The average Bonchev–Trinajstić information content (AvgIpc) is 3.18. The summed E-state index contributed by atoms with van der Waals surface area (Å²) in [6, 6.07) is 9.56. The standard InChI is InChI=1S/C17H11ClN2O5S/c18-12-6-4-11(5-7-12)10-19-16(21)14(26-17(19)22)3-1-2-13-8-9-15(25-13)20(23)24/h1-9H,10H2/b2-1+,14-3-. The molecular weight excluding hydrogens is 380 g/mol. The molecule has 0 atom stereocenters. The predicted octanol–water partition coefficient (Wildman–Crippen LogP) is 4.63. The first-order valence-corrected chi connectivity index (χ1v) is 8.54. The van der Waals surface area contributed by atoms with Crippen molar-refractivity contribution in [1.29, 1.82) is 0 Å². The molecule has 0 N–H and O–H groups in total. The normalized spacial score (nSPS) is 16.2. The van der Waals surface area contributed by atoms with Crippen LogP contribution in [0.4, 0.5) is 10.7 Å². The van der Waals surface area contributed by atoms with Gasteiger partial charge in [0.05, 0.1) is 17.5 Å². The monoisotopic (exact) mass is 390 g/mol. The van der Waals surface area contributed by atoms with E-state index in [2.05, 4.69) is 0 Å². The van der Waals surface area contributed by atoms with E-state index in [1.54, 1.807) is 24.3 Å². The molecule has 0 aliphatic carbocycles. The molecule has 0 bridgehead atoms. The molecule has 0 saturated carbocycles. The maximum Gasteiger partial charge on any atom is 0.433 e. The summed E-state index contributed by atoms with van der Waals surface area (Å²) < 4.78 is 4.97. The lowest BCUT2D eigenvalue weighted by atomic mass is 10.2. The van der Waals surface area contributed by atoms with E-state index in [1.807, 2.05) is 0 Å². The van der Waals surface area contributed by atoms with Crippen molar-refractivity contribution in [3.05, 3.63) is 79.9 Å². The lowest BCUT2D eigenvalue weighted by Crippen LogP contribution is -2.27. The number of thioether (sulfide) groups is 1. The van der Waals surface area contributed by atoms with Gasteiger partial charge in [-0.1, -0.05) is 29.8 Å². The zero-order chi connectivity index (χ0) is 18.7. The first kappa shape index (κ1) is 18.0. The Morgan fingerprint density at radius 2 is 1.92 bits per heavy atom. The Kier molecular flexibility index (Phi) is 5.24. The molecule has 1 saturated heterocycles. The summed E-state index contributed by atoms with van der Waals surface area (Å²) in [5.74, 6) is -0.494. The van der Waals surface area contributed by atoms with Gasteiger partial charge in [-0.05, 0) is 47.7 Å². The molecule has 1 aromatic heterocycles. The van der Waals surface area contributed by atoms with Gasteiger partial charge in [0.25, 0.3) is 11.1 Å². The van der Waals surface area contributed by atoms with E-state index in [0.29, 0.717) is 5.02 Å². The van der Waals surface area contributed by atoms with Gasteiger partial charge in [-0.3, -0.25) is 24.6 Å². The Balaban J connectivity index is 1.69. The van der Waals surface area contributed by atoms with Crippen LogP contribution in [0.25, 0.3) is 6.08 Å². The molecule has 26 heavy (non-hydrogen) atoms. The quantitative estimate of drug-likeness (QED) is 0.419. The molecule has 2 aromatic rings. The van der Waals surface area contributed by atoms with E-state index in [-0.39, 0.29) is 28.3 Å². The molecule has 0 spiro atoms. The van der Waals surface area contributed by atoms with Crippen LogP contribution in [-0.2, 0) is 11.3 Å². The second-order valence-corrected chi connectivity index (χ2v) is 6.64. The Bertz CT molecular complexity index is 933. The van der Waals surface area contributed by atoms with Gasteiger partial charge in [-0.2, -0.15) is 0 Å². The molecule has 0 unspecified atom stereocenters. The van der Waals surface area contributed by atoms with Crippen LogP contribution in [0.1, 0.15) is 11.3 Å². The Morgan fingerprint density at radius 3 is 2.58 bits per heavy atom. The van der Waals surface area contributed by atoms with Crippen molar-refractivity contribution in [3.8, 4) is 0 Å². The fourth-order valence-corrected chi connectivity index (χ4v) is 3.10. The van der Waals surface area contributed by atoms with Crippen molar-refractivity contribution in [2.24, 2.45) is 0 Å². The van der Waals surface area contributed by atoms with Crippen LogP contribution in [-0.4, -0.2) is 21.0 Å². The SMILES string of the molecule is O=C1S/C(=C\C=C\c2ccc([N+](=O)[O-])o2)C(=O)N1Cc1ccc(Cl)cc1. The third kappa shape index (κ3) is 4.04. The third-order valence-electron chi connectivity index (χ3n) is 3.43. The minimum absolute atomic E-state index is 0.160. The second-order valence-electron chi connectivity index (χ2n) is 5.21. The minimum Gasteiger partial charge on any atom is -0.401 e. The summed E-state index contributed by atoms with van der Waals surface area (Å²) in [4.78, 5) is 35.8. The topological polar surface area (TPSA) is 93.7 Å². The van der Waals surface area contributed by atoms with E-state index in [1.165, 1.54) is 30.4 Å². The lowest BCUT2D eigenvalue weighted by Gasteiger charge is -2.12. The highest BCUT2D eigenvalue weighted by atomic mass is 35.5. The number of imide groups is 1. The number of allylic oxidation sites excluding steroid dienone is 2. The van der Waals surface area contributed by atoms with E-state index < -0.39 is 10.8 Å². The van der Waals surface area contributed by atoms with Crippen molar-refractivity contribution in [2.75, 3.05) is 0 Å². The molecule has 1 aromatic carbocycles. The highest BCUT2D eigenvalue weighted by molar-refractivity contribution is 8.18. The molecule has 7 nitrogen and oxygen atoms in total. The number of furan rings is 1. The van der Waals surface area contributed by atoms with Gasteiger partial charge < -0.3 is 4.42 Å². The van der Waals surface area contributed by atoms with Gasteiger partial charge in [-0.25, -0.2) is 0 Å². The van der Waals surface area contributed by atoms with Gasteiger partial charge in [0.15, 0.2) is 0 Å². The summed E-state index contributed by atoms with van der Waals surface area (Å²) >= 11 is 6.65. The fraction of sp³-hybridized carbons (Fsp3) is 0.0588. The lowest BCUT2D eigenvalue weighted by molar-refractivity contribution is -0.402. The third-order valence-corrected chi connectivity index (χ3v) is 4.61. The number of rotatable bonds is 5. The van der Waals surface area contributed by atoms with Crippen molar-refractivity contribution >= 4 is 46.5 Å². The van der Waals surface area contributed by atoms with Crippen LogP contribution in [0.2, 0.25) is 5.02 Å². The first-order valence-electron chi connectivity index (χ1n) is 7.35. The molecular formula is C17H11ClN2O5S. The van der Waals surface area contributed by atoms with Crippen LogP contribution >= 0.6 is 23.4 Å². The molecule has 132 valence electrons. The number of carbonyl (C=O) groups is 2. The maximum atomic E-state index is 12.4. The summed E-state index contributed by atoms with van der Waals surface area (Å²) in [6.07, 6.45) is 4.45. The van der Waals surface area contributed by atoms with Gasteiger partial charge in [-0.15, -0.1) is 0 Å². The van der Waals surface area contributed by atoms with E-state index in [0.717, 1.165) is 22.2 Å². The molecule has 1 aliphatic rings. The number of carbonyl (C=O) groups excluding carboxylic acids is 2. The van der Waals surface area contributed by atoms with E-state index >= 15 is 0 Å². The molecule has 3 rings (SSSR count). The van der Waals surface area contributed by atoms with Gasteiger partial charge in [0.1, 0.15) is 10.7 Å². The van der Waals surface area contributed by atoms with Crippen LogP contribution < -0.4 is 0 Å². The number of hydrogen-bond acceptors (Lipinski definition) is 6. The Morgan fingerprint density at radius 1 is 1.19 bits per heavy atom. The Hall–Kier alpha value is -2.84. The molecule has 2 heterocycles. The fourth-order valence-electron chi connectivity index (χ4n) is 2.18. The number of amides is 2. The summed E-state index contributed by atoms with van der Waals surface area (Å²) in [7, 11) is 0. The molecule has 9 heteroatoms. The number of nitrogens with zero attached hydrogens (tertiary/aromatic N) is 2. The minimum atomic E-state index is -0.639. The Labute approximate surface area is 157 Å². The van der Waals surface area contributed by atoms with Gasteiger partial charge in [0.2, 0.25) is 0 Å². The van der Waals surface area contributed by atoms with Crippen molar-refractivity contribution in [2.45, 2.75) is 6.54 Å². The van der Waals surface area contributed by atoms with E-state index in [4.69, 9.17) is 16.0 Å². The number of nitro groups is 1. The van der Waals surface area contributed by atoms with E-state index in [9.17, 15) is 19.7 Å². The highest BCUT2D eigenvalue weighted by Crippen LogP contribution is 2.32. The zero-order valence-electron chi connectivity index (χ0n) is 13.1. The molecule has 0 radical (unpaired) electrons. The molecule has 1 aliphatic heterocycles. The predicted molar refractivity (Wildman–Crippen MR) is 97.5 cm³/mol. The number of halogens is 1. The highest BCUT2D eigenvalue weighted by Gasteiger charge is 2.34. The summed E-state index contributed by atoms with van der Waals surface area (Å²) in [6.45, 7) is 0.160. The molecule has 1 fully saturated rings. The van der Waals surface area contributed by atoms with Gasteiger partial charge >= 0.3 is 5.88 Å². The zero-order valence-corrected chi connectivity index (χ0v) is 14.7. The van der Waals surface area contributed by atoms with Crippen molar-refractivity contribution in [1.82, 2.24) is 4.90 Å². The van der Waals surface area contributed by atoms with Crippen LogP contribution in [0, 0.1) is 10.1 Å². The second kappa shape index (κ2) is 7.59. The summed E-state index contributed by atoms with van der Waals surface area (Å²) in [5, 5.41) is 10.8. The number of hydrogen-bond donors (Lipinski definition) is 0. The van der Waals surface area contributed by atoms with Crippen LogP contribution in [0.15, 0.2) is 57.9 Å². The van der Waals surface area contributed by atoms with Gasteiger partial charge in [0, 0.05) is 5.02 Å². The smallest absolute Gasteiger partial charge is 0.401 e. The van der Waals surface area contributed by atoms with Crippen molar-refractivity contribution in [3.63, 3.8) is 0 Å². The van der Waals surface area contributed by atoms with Crippen molar-refractivity contribution < 1.29 is 18.9 Å². The first-order chi connectivity index (χ1) is 12.4. The number of benzene rings is 1. The largest absolute Gasteiger partial charge is 0.433 e. The average molecular weight is 391 g/mol. The maximum absolute atomic E-state index is 12.4. The molecule has 2 amide bonds. The van der Waals surface area contributed by atoms with Crippen LogP contribution in [0.3, 0.4) is 0 Å². The summed E-state index contributed by atoms with van der Waals surface area (Å²) in [5.41, 5.74) is 0.788. The van der Waals surface area contributed by atoms with Crippen LogP contribution in [0.5, 0.6) is 0 Å².